The molecule has 0 aliphatic carbocycles. The minimum Gasteiger partial charge on any atom is -0.311 e. The quantitative estimate of drug-likeness (QED) is 0.858. The summed E-state index contributed by atoms with van der Waals surface area (Å²) < 4.78 is 0. The van der Waals surface area contributed by atoms with Gasteiger partial charge in [-0.2, -0.15) is 0 Å². The third kappa shape index (κ3) is 2.36. The molecule has 3 heterocycles. The molecule has 108 valence electrons. The number of benzene rings is 1. The van der Waals surface area contributed by atoms with Gasteiger partial charge in [0.1, 0.15) is 0 Å². The van der Waals surface area contributed by atoms with Crippen LogP contribution in [0.25, 0.3) is 10.8 Å². The van der Waals surface area contributed by atoms with Gasteiger partial charge in [-0.05, 0) is 37.1 Å². The molecule has 2 aromatic rings. The number of Topliss-reactive ketones (excluding diaryl/α,β-unsaturated/α-hetero) is 1. The second kappa shape index (κ2) is 5.23. The lowest BCUT2D eigenvalue weighted by molar-refractivity contribution is 0.0827. The largest absolute Gasteiger partial charge is 0.311 e. The van der Waals surface area contributed by atoms with Crippen LogP contribution in [0, 0.1) is 5.92 Å². The molecule has 0 amide bonds. The Bertz CT molecular complexity index is 664. The van der Waals surface area contributed by atoms with Crippen LogP contribution < -0.4 is 5.32 Å². The number of piperidine rings is 2. The average molecular weight is 280 g/mol. The highest BCUT2D eigenvalue weighted by Gasteiger charge is 2.35. The van der Waals surface area contributed by atoms with Gasteiger partial charge >= 0.3 is 0 Å². The van der Waals surface area contributed by atoms with Crippen LogP contribution in [0.5, 0.6) is 0 Å². The summed E-state index contributed by atoms with van der Waals surface area (Å²) in [6, 6.07) is 9.02. The minimum atomic E-state index is 0.181. The molecule has 3 nitrogen and oxygen atoms in total. The molecule has 2 aliphatic rings. The molecule has 1 aromatic carbocycles. The van der Waals surface area contributed by atoms with Crippen molar-refractivity contribution in [1.29, 1.82) is 0 Å². The van der Waals surface area contributed by atoms with Crippen molar-refractivity contribution in [3.05, 3.63) is 42.2 Å². The Morgan fingerprint density at radius 3 is 2.76 bits per heavy atom. The molecule has 1 aromatic heterocycles. The van der Waals surface area contributed by atoms with Gasteiger partial charge in [0, 0.05) is 41.3 Å². The van der Waals surface area contributed by atoms with Gasteiger partial charge in [-0.15, -0.1) is 0 Å². The number of pyridine rings is 1. The van der Waals surface area contributed by atoms with E-state index in [1.54, 1.807) is 6.20 Å². The van der Waals surface area contributed by atoms with Gasteiger partial charge in [-0.1, -0.05) is 24.6 Å². The minimum absolute atomic E-state index is 0.181. The number of carbonyl (C=O) groups excluding carboxylic acids is 1. The Morgan fingerprint density at radius 2 is 1.95 bits per heavy atom. The normalized spacial score (nSPS) is 28.5. The van der Waals surface area contributed by atoms with Gasteiger partial charge in [0.15, 0.2) is 5.78 Å². The molecule has 0 saturated carbocycles. The highest BCUT2D eigenvalue weighted by Crippen LogP contribution is 2.33. The Balaban J connectivity index is 1.67. The lowest BCUT2D eigenvalue weighted by Gasteiger charge is -2.39. The summed E-state index contributed by atoms with van der Waals surface area (Å²) >= 11 is 0. The van der Waals surface area contributed by atoms with E-state index in [-0.39, 0.29) is 5.92 Å². The van der Waals surface area contributed by atoms with Gasteiger partial charge in [0.2, 0.25) is 0 Å². The number of fused-ring (bicyclic) bond motifs is 3. The first-order valence-corrected chi connectivity index (χ1v) is 7.94. The fraction of sp³-hybridized carbons (Fsp3) is 0.444. The lowest BCUT2D eigenvalue weighted by Crippen LogP contribution is -2.50. The number of aromatic nitrogens is 1. The highest BCUT2D eigenvalue weighted by molar-refractivity contribution is 6.09. The molecule has 2 aliphatic heterocycles. The first-order chi connectivity index (χ1) is 10.3. The van der Waals surface area contributed by atoms with Crippen LogP contribution in [0.4, 0.5) is 0 Å². The van der Waals surface area contributed by atoms with Crippen LogP contribution >= 0.6 is 0 Å². The zero-order chi connectivity index (χ0) is 14.2. The maximum absolute atomic E-state index is 13.0. The topological polar surface area (TPSA) is 42.0 Å². The maximum atomic E-state index is 13.0. The van der Waals surface area contributed by atoms with Gasteiger partial charge < -0.3 is 5.32 Å². The van der Waals surface area contributed by atoms with E-state index in [0.717, 1.165) is 29.2 Å². The molecule has 0 spiro atoms. The maximum Gasteiger partial charge on any atom is 0.166 e. The fourth-order valence-electron chi connectivity index (χ4n) is 4.04. The smallest absolute Gasteiger partial charge is 0.166 e. The number of hydrogen-bond donors (Lipinski definition) is 1. The summed E-state index contributed by atoms with van der Waals surface area (Å²) in [6.07, 6.45) is 9.36. The molecule has 21 heavy (non-hydrogen) atoms. The van der Waals surface area contributed by atoms with Crippen molar-refractivity contribution in [2.24, 2.45) is 5.92 Å². The number of ketones is 1. The zero-order valence-electron chi connectivity index (χ0n) is 12.1. The molecular weight excluding hydrogens is 260 g/mol. The van der Waals surface area contributed by atoms with Gasteiger partial charge in [-0.25, -0.2) is 0 Å². The Labute approximate surface area is 124 Å². The second-order valence-corrected chi connectivity index (χ2v) is 6.43. The van der Waals surface area contributed by atoms with E-state index in [0.29, 0.717) is 17.9 Å². The monoisotopic (exact) mass is 280 g/mol. The van der Waals surface area contributed by atoms with E-state index in [1.165, 1.54) is 19.3 Å². The number of rotatable bonds is 2. The van der Waals surface area contributed by atoms with Gasteiger partial charge in [0.25, 0.3) is 0 Å². The number of carbonyl (C=O) groups is 1. The second-order valence-electron chi connectivity index (χ2n) is 6.43. The first-order valence-electron chi connectivity index (χ1n) is 7.94. The molecular formula is C18H20N2O. The molecule has 2 saturated heterocycles. The molecule has 2 fully saturated rings. The highest BCUT2D eigenvalue weighted by atomic mass is 16.1. The third-order valence-electron chi connectivity index (χ3n) is 5.03. The van der Waals surface area contributed by atoms with Crippen LogP contribution in [0.1, 0.15) is 42.5 Å². The summed E-state index contributed by atoms with van der Waals surface area (Å²) in [5.74, 6) is 0.505. The van der Waals surface area contributed by atoms with E-state index >= 15 is 0 Å². The van der Waals surface area contributed by atoms with Crippen LogP contribution in [0.2, 0.25) is 0 Å². The van der Waals surface area contributed by atoms with Crippen molar-refractivity contribution in [2.45, 2.75) is 44.2 Å². The molecule has 2 unspecified atom stereocenters. The molecule has 2 bridgehead atoms. The number of hydrogen-bond acceptors (Lipinski definition) is 3. The summed E-state index contributed by atoms with van der Waals surface area (Å²) in [6.45, 7) is 0. The van der Waals surface area contributed by atoms with Crippen molar-refractivity contribution >= 4 is 16.6 Å². The Morgan fingerprint density at radius 1 is 1.14 bits per heavy atom. The SMILES string of the molecule is O=C(c1cccc2cnccc12)C1CC2CCCC(C1)N2. The van der Waals surface area contributed by atoms with E-state index in [9.17, 15) is 4.79 Å². The van der Waals surface area contributed by atoms with Crippen molar-refractivity contribution in [3.63, 3.8) is 0 Å². The summed E-state index contributed by atoms with van der Waals surface area (Å²) in [5.41, 5.74) is 0.875. The van der Waals surface area contributed by atoms with E-state index < -0.39 is 0 Å². The number of nitrogens with zero attached hydrogens (tertiary/aromatic N) is 1. The first kappa shape index (κ1) is 13.0. The lowest BCUT2D eigenvalue weighted by atomic mass is 9.77. The van der Waals surface area contributed by atoms with Crippen molar-refractivity contribution in [2.75, 3.05) is 0 Å². The standard InChI is InChI=1S/C18H20N2O/c21-18(13-9-14-4-2-5-15(10-13)20-14)17-6-1-3-12-11-19-8-7-16(12)17/h1,3,6-8,11,13-15,20H,2,4-5,9-10H2. The van der Waals surface area contributed by atoms with Gasteiger partial charge in [0.05, 0.1) is 0 Å². The fourth-order valence-corrected chi connectivity index (χ4v) is 4.04. The van der Waals surface area contributed by atoms with E-state index in [4.69, 9.17) is 0 Å². The molecule has 0 radical (unpaired) electrons. The predicted octanol–water partition coefficient (Wildman–Crippen LogP) is 3.34. The molecule has 4 rings (SSSR count). The van der Waals surface area contributed by atoms with E-state index in [2.05, 4.69) is 10.3 Å². The molecule has 3 heteroatoms. The van der Waals surface area contributed by atoms with Crippen molar-refractivity contribution in [1.82, 2.24) is 10.3 Å². The third-order valence-corrected chi connectivity index (χ3v) is 5.03. The average Bonchev–Trinajstić information content (AvgIpc) is 2.53. The van der Waals surface area contributed by atoms with Gasteiger partial charge in [-0.3, -0.25) is 9.78 Å². The Hall–Kier alpha value is -1.74. The zero-order valence-corrected chi connectivity index (χ0v) is 12.1. The van der Waals surface area contributed by atoms with Crippen LogP contribution in [0.15, 0.2) is 36.7 Å². The summed E-state index contributed by atoms with van der Waals surface area (Å²) in [4.78, 5) is 17.1. The molecule has 2 atom stereocenters. The summed E-state index contributed by atoms with van der Waals surface area (Å²) in [5, 5.41) is 5.76. The van der Waals surface area contributed by atoms with E-state index in [1.807, 2.05) is 30.5 Å². The Kier molecular flexibility index (Phi) is 3.23. The number of nitrogens with one attached hydrogen (secondary N) is 1. The van der Waals surface area contributed by atoms with Crippen molar-refractivity contribution in [3.8, 4) is 0 Å². The van der Waals surface area contributed by atoms with Crippen LogP contribution in [0.3, 0.4) is 0 Å². The summed E-state index contributed by atoms with van der Waals surface area (Å²) in [7, 11) is 0. The van der Waals surface area contributed by atoms with Crippen LogP contribution in [-0.2, 0) is 0 Å². The predicted molar refractivity (Wildman–Crippen MR) is 83.4 cm³/mol. The van der Waals surface area contributed by atoms with Crippen LogP contribution in [-0.4, -0.2) is 22.9 Å². The van der Waals surface area contributed by atoms with Crippen molar-refractivity contribution < 1.29 is 4.79 Å². The molecule has 1 N–H and O–H groups in total.